The maximum atomic E-state index is 12.2. The molecule has 1 unspecified atom stereocenters. The summed E-state index contributed by atoms with van der Waals surface area (Å²) in [7, 11) is 4.24. The number of nitrogens with zero attached hydrogens (tertiary/aromatic N) is 1. The molecule has 3 N–H and O–H groups in total. The zero-order chi connectivity index (χ0) is 16.0. The van der Waals surface area contributed by atoms with E-state index in [-0.39, 0.29) is 17.5 Å². The number of hydrogen-bond acceptors (Lipinski definition) is 3. The average Bonchev–Trinajstić information content (AvgIpc) is 2.54. The van der Waals surface area contributed by atoms with Crippen molar-refractivity contribution in [3.63, 3.8) is 0 Å². The van der Waals surface area contributed by atoms with Crippen molar-refractivity contribution in [2.24, 2.45) is 5.73 Å². The molecule has 4 heteroatoms. The van der Waals surface area contributed by atoms with Crippen LogP contribution in [0.1, 0.15) is 50.1 Å². The molecule has 1 aromatic carbocycles. The van der Waals surface area contributed by atoms with Crippen LogP contribution >= 0.6 is 0 Å². The van der Waals surface area contributed by atoms with Crippen LogP contribution < -0.4 is 11.1 Å². The summed E-state index contributed by atoms with van der Waals surface area (Å²) in [6.07, 6.45) is 6.46. The topological polar surface area (TPSA) is 58.4 Å². The lowest BCUT2D eigenvalue weighted by Crippen LogP contribution is -2.54. The molecule has 4 nitrogen and oxygen atoms in total. The van der Waals surface area contributed by atoms with Crippen molar-refractivity contribution in [2.45, 2.75) is 50.1 Å². The number of hydrogen-bond donors (Lipinski definition) is 2. The van der Waals surface area contributed by atoms with E-state index in [1.54, 1.807) is 0 Å². The van der Waals surface area contributed by atoms with Gasteiger partial charge in [-0.2, -0.15) is 0 Å². The Morgan fingerprint density at radius 1 is 1.23 bits per heavy atom. The highest BCUT2D eigenvalue weighted by Gasteiger charge is 2.34. The molecule has 0 aliphatic heterocycles. The molecule has 1 aromatic rings. The number of likely N-dealkylation sites (N-methyl/N-ethyl adjacent to an activating group) is 1. The maximum absolute atomic E-state index is 12.2. The van der Waals surface area contributed by atoms with Crippen molar-refractivity contribution in [3.05, 3.63) is 35.9 Å². The van der Waals surface area contributed by atoms with E-state index in [0.717, 1.165) is 24.9 Å². The molecule has 1 fully saturated rings. The monoisotopic (exact) mass is 303 g/mol. The smallest absolute Gasteiger partial charge is 0.221 e. The number of carbonyl (C=O) groups excluding carboxylic acids is 1. The first kappa shape index (κ1) is 17.0. The van der Waals surface area contributed by atoms with Gasteiger partial charge < -0.3 is 16.0 Å². The predicted molar refractivity (Wildman–Crippen MR) is 90.5 cm³/mol. The van der Waals surface area contributed by atoms with Gasteiger partial charge in [-0.15, -0.1) is 0 Å². The van der Waals surface area contributed by atoms with Gasteiger partial charge in [0.05, 0.1) is 0 Å². The third-order valence-electron chi connectivity index (χ3n) is 4.98. The second-order valence-electron chi connectivity index (χ2n) is 6.68. The van der Waals surface area contributed by atoms with Gasteiger partial charge in [-0.3, -0.25) is 4.79 Å². The summed E-state index contributed by atoms with van der Waals surface area (Å²) in [4.78, 5) is 14.5. The Balaban J connectivity index is 1.86. The molecule has 0 heterocycles. The minimum absolute atomic E-state index is 0.0446. The van der Waals surface area contributed by atoms with Gasteiger partial charge in [0.2, 0.25) is 5.91 Å². The predicted octanol–water partition coefficient (Wildman–Crippen LogP) is 2.46. The lowest BCUT2D eigenvalue weighted by atomic mass is 9.80. The largest absolute Gasteiger partial charge is 0.354 e. The molecule has 122 valence electrons. The number of nitrogens with one attached hydrogen (secondary N) is 1. The first-order valence-electron chi connectivity index (χ1n) is 8.28. The van der Waals surface area contributed by atoms with Crippen LogP contribution in [0.25, 0.3) is 0 Å². The van der Waals surface area contributed by atoms with Gasteiger partial charge in [0.25, 0.3) is 0 Å². The van der Waals surface area contributed by atoms with Crippen molar-refractivity contribution >= 4 is 5.91 Å². The third-order valence-corrected chi connectivity index (χ3v) is 4.98. The van der Waals surface area contributed by atoms with E-state index in [2.05, 4.69) is 24.3 Å². The van der Waals surface area contributed by atoms with Crippen LogP contribution in [0.3, 0.4) is 0 Å². The van der Waals surface area contributed by atoms with Gasteiger partial charge in [0, 0.05) is 24.5 Å². The molecule has 0 aromatic heterocycles. The van der Waals surface area contributed by atoms with Gasteiger partial charge in [-0.25, -0.2) is 0 Å². The minimum Gasteiger partial charge on any atom is -0.354 e. The molecule has 22 heavy (non-hydrogen) atoms. The van der Waals surface area contributed by atoms with E-state index in [1.165, 1.54) is 19.3 Å². The van der Waals surface area contributed by atoms with Gasteiger partial charge >= 0.3 is 0 Å². The fourth-order valence-corrected chi connectivity index (χ4v) is 3.35. The SMILES string of the molecule is CN(C)C1(CNC(=O)CC(N)c2ccccc2)CCCCC1. The summed E-state index contributed by atoms with van der Waals surface area (Å²) in [6, 6.07) is 9.58. The van der Waals surface area contributed by atoms with Crippen LogP contribution in [0, 0.1) is 0 Å². The standard InChI is InChI=1S/C18H29N3O/c1-21(2)18(11-7-4-8-12-18)14-20-17(22)13-16(19)15-9-5-3-6-10-15/h3,5-6,9-10,16H,4,7-8,11-14,19H2,1-2H3,(H,20,22). The first-order valence-corrected chi connectivity index (χ1v) is 8.28. The zero-order valence-corrected chi connectivity index (χ0v) is 13.8. The highest BCUT2D eigenvalue weighted by atomic mass is 16.1. The van der Waals surface area contributed by atoms with Crippen molar-refractivity contribution in [3.8, 4) is 0 Å². The molecule has 0 spiro atoms. The molecule has 1 aliphatic carbocycles. The van der Waals surface area contributed by atoms with Crippen LogP contribution in [0.2, 0.25) is 0 Å². The quantitative estimate of drug-likeness (QED) is 0.849. The maximum Gasteiger partial charge on any atom is 0.221 e. The van der Waals surface area contributed by atoms with Crippen molar-refractivity contribution in [1.29, 1.82) is 0 Å². The van der Waals surface area contributed by atoms with Crippen LogP contribution in [-0.4, -0.2) is 37.0 Å². The number of carbonyl (C=O) groups is 1. The number of amides is 1. The van der Waals surface area contributed by atoms with Crippen LogP contribution in [-0.2, 0) is 4.79 Å². The molecule has 1 aliphatic rings. The van der Waals surface area contributed by atoms with E-state index >= 15 is 0 Å². The van der Waals surface area contributed by atoms with Gasteiger partial charge in [0.15, 0.2) is 0 Å². The van der Waals surface area contributed by atoms with E-state index in [0.29, 0.717) is 6.42 Å². The molecular formula is C18H29N3O. The molecule has 2 rings (SSSR count). The Hall–Kier alpha value is -1.39. The van der Waals surface area contributed by atoms with Gasteiger partial charge in [-0.05, 0) is 32.5 Å². The van der Waals surface area contributed by atoms with Gasteiger partial charge in [0.1, 0.15) is 0 Å². The van der Waals surface area contributed by atoms with Crippen LogP contribution in [0.5, 0.6) is 0 Å². The zero-order valence-electron chi connectivity index (χ0n) is 13.8. The number of nitrogens with two attached hydrogens (primary N) is 1. The average molecular weight is 303 g/mol. The second kappa shape index (κ2) is 7.75. The highest BCUT2D eigenvalue weighted by molar-refractivity contribution is 5.76. The Bertz CT molecular complexity index is 466. The van der Waals surface area contributed by atoms with Gasteiger partial charge in [-0.1, -0.05) is 49.6 Å². The lowest BCUT2D eigenvalue weighted by Gasteiger charge is -2.43. The van der Waals surface area contributed by atoms with E-state index in [9.17, 15) is 4.79 Å². The van der Waals surface area contributed by atoms with Crippen LogP contribution in [0.4, 0.5) is 0 Å². The number of benzene rings is 1. The molecule has 0 saturated heterocycles. The molecule has 0 radical (unpaired) electrons. The Labute approximate surface area is 134 Å². The third kappa shape index (κ3) is 4.31. The summed E-state index contributed by atoms with van der Waals surface area (Å²) in [5, 5.41) is 3.11. The molecule has 1 atom stereocenters. The Morgan fingerprint density at radius 3 is 2.45 bits per heavy atom. The Kier molecular flexibility index (Phi) is 5.98. The molecular weight excluding hydrogens is 274 g/mol. The first-order chi connectivity index (χ1) is 10.5. The summed E-state index contributed by atoms with van der Waals surface area (Å²) in [5.41, 5.74) is 7.25. The highest BCUT2D eigenvalue weighted by Crippen LogP contribution is 2.31. The number of rotatable bonds is 6. The van der Waals surface area contributed by atoms with Crippen molar-refractivity contribution in [1.82, 2.24) is 10.2 Å². The molecule has 0 bridgehead atoms. The minimum atomic E-state index is -0.233. The lowest BCUT2D eigenvalue weighted by molar-refractivity contribution is -0.122. The summed E-state index contributed by atoms with van der Waals surface area (Å²) < 4.78 is 0. The van der Waals surface area contributed by atoms with Crippen molar-refractivity contribution in [2.75, 3.05) is 20.6 Å². The summed E-state index contributed by atoms with van der Waals surface area (Å²) in [6.45, 7) is 0.723. The summed E-state index contributed by atoms with van der Waals surface area (Å²) in [5.74, 6) is 0.0446. The second-order valence-corrected chi connectivity index (χ2v) is 6.68. The summed E-state index contributed by atoms with van der Waals surface area (Å²) >= 11 is 0. The fourth-order valence-electron chi connectivity index (χ4n) is 3.35. The fraction of sp³-hybridized carbons (Fsp3) is 0.611. The Morgan fingerprint density at radius 2 is 1.86 bits per heavy atom. The van der Waals surface area contributed by atoms with Crippen LogP contribution in [0.15, 0.2) is 30.3 Å². The molecule has 1 amide bonds. The van der Waals surface area contributed by atoms with E-state index in [1.807, 2.05) is 30.3 Å². The van der Waals surface area contributed by atoms with E-state index < -0.39 is 0 Å². The van der Waals surface area contributed by atoms with E-state index in [4.69, 9.17) is 5.73 Å². The molecule has 1 saturated carbocycles. The normalized spacial score (nSPS) is 18.9. The van der Waals surface area contributed by atoms with Crippen molar-refractivity contribution < 1.29 is 4.79 Å².